The van der Waals surface area contributed by atoms with E-state index in [1.807, 2.05) is 4.90 Å². The van der Waals surface area contributed by atoms with Crippen LogP contribution in [0.5, 0.6) is 0 Å². The van der Waals surface area contributed by atoms with Gasteiger partial charge in [0, 0.05) is 18.8 Å². The first-order valence-corrected chi connectivity index (χ1v) is 9.47. The van der Waals surface area contributed by atoms with Crippen LogP contribution < -0.4 is 5.32 Å². The summed E-state index contributed by atoms with van der Waals surface area (Å²) in [6, 6.07) is 15.2. The van der Waals surface area contributed by atoms with Crippen molar-refractivity contribution in [2.75, 3.05) is 25.0 Å². The maximum absolute atomic E-state index is 12.6. The number of carbonyl (C=O) groups excluding carboxylic acids is 2. The van der Waals surface area contributed by atoms with Crippen LogP contribution in [0.4, 0.5) is 10.5 Å². The average molecular weight is 366 g/mol. The van der Waals surface area contributed by atoms with E-state index in [9.17, 15) is 9.59 Å². The number of urea groups is 1. The smallest absolute Gasteiger partial charge is 0.338 e. The van der Waals surface area contributed by atoms with Gasteiger partial charge in [-0.1, -0.05) is 30.3 Å². The maximum Gasteiger partial charge on any atom is 0.338 e. The highest BCUT2D eigenvalue weighted by Gasteiger charge is 2.24. The van der Waals surface area contributed by atoms with Gasteiger partial charge in [0.25, 0.3) is 0 Å². The lowest BCUT2D eigenvalue weighted by atomic mass is 9.87. The largest absolute Gasteiger partial charge is 0.462 e. The zero-order valence-electron chi connectivity index (χ0n) is 15.9. The van der Waals surface area contributed by atoms with Crippen LogP contribution in [0.25, 0.3) is 0 Å². The third-order valence-corrected chi connectivity index (χ3v) is 5.04. The van der Waals surface area contributed by atoms with Crippen LogP contribution in [0.15, 0.2) is 48.5 Å². The Balaban J connectivity index is 1.58. The number of rotatable bonds is 4. The van der Waals surface area contributed by atoms with Gasteiger partial charge in [0.2, 0.25) is 0 Å². The molecule has 2 aromatic rings. The van der Waals surface area contributed by atoms with Crippen molar-refractivity contribution in [2.45, 2.75) is 32.6 Å². The standard InChI is InChI=1S/C22H26N2O3/c1-3-27-21(25)18-8-6-9-19(15-18)23-22(26)24-13-11-17(12-14-24)20-10-5-4-7-16(20)2/h4-10,15,17H,3,11-14H2,1-2H3,(H,23,26). The van der Waals surface area contributed by atoms with Crippen molar-refractivity contribution < 1.29 is 14.3 Å². The molecule has 0 radical (unpaired) electrons. The number of esters is 1. The molecule has 5 heteroatoms. The Morgan fingerprint density at radius 2 is 1.85 bits per heavy atom. The van der Waals surface area contributed by atoms with E-state index in [1.165, 1.54) is 11.1 Å². The third-order valence-electron chi connectivity index (χ3n) is 5.04. The van der Waals surface area contributed by atoms with Gasteiger partial charge in [0.15, 0.2) is 0 Å². The molecule has 1 aliphatic heterocycles. The van der Waals surface area contributed by atoms with Gasteiger partial charge in [-0.15, -0.1) is 0 Å². The molecule has 1 N–H and O–H groups in total. The second kappa shape index (κ2) is 8.71. The van der Waals surface area contributed by atoms with E-state index in [0.717, 1.165) is 25.9 Å². The van der Waals surface area contributed by atoms with Crippen molar-refractivity contribution in [1.82, 2.24) is 4.90 Å². The molecule has 3 rings (SSSR count). The van der Waals surface area contributed by atoms with Crippen molar-refractivity contribution in [3.63, 3.8) is 0 Å². The topological polar surface area (TPSA) is 58.6 Å². The number of anilines is 1. The Labute approximate surface area is 160 Å². The number of carbonyl (C=O) groups is 2. The van der Waals surface area contributed by atoms with E-state index in [-0.39, 0.29) is 12.0 Å². The van der Waals surface area contributed by atoms with Crippen LogP contribution >= 0.6 is 0 Å². The summed E-state index contributed by atoms with van der Waals surface area (Å²) in [6.07, 6.45) is 1.92. The summed E-state index contributed by atoms with van der Waals surface area (Å²) in [4.78, 5) is 26.3. The SMILES string of the molecule is CCOC(=O)c1cccc(NC(=O)N2CCC(c3ccccc3C)CC2)c1. The molecule has 1 fully saturated rings. The number of hydrogen-bond donors (Lipinski definition) is 1. The summed E-state index contributed by atoms with van der Waals surface area (Å²) in [5, 5.41) is 2.89. The lowest BCUT2D eigenvalue weighted by molar-refractivity contribution is 0.0526. The molecule has 1 saturated heterocycles. The normalized spacial score (nSPS) is 14.7. The van der Waals surface area contributed by atoms with Crippen molar-refractivity contribution in [3.05, 3.63) is 65.2 Å². The second-order valence-electron chi connectivity index (χ2n) is 6.85. The number of hydrogen-bond acceptors (Lipinski definition) is 3. The zero-order valence-corrected chi connectivity index (χ0v) is 15.9. The van der Waals surface area contributed by atoms with E-state index >= 15 is 0 Å². The molecule has 2 amide bonds. The predicted molar refractivity (Wildman–Crippen MR) is 106 cm³/mol. The van der Waals surface area contributed by atoms with Gasteiger partial charge in [-0.3, -0.25) is 0 Å². The molecule has 0 bridgehead atoms. The maximum atomic E-state index is 12.6. The molecule has 0 atom stereocenters. The van der Waals surface area contributed by atoms with Crippen molar-refractivity contribution in [2.24, 2.45) is 0 Å². The number of ether oxygens (including phenoxy) is 1. The fourth-order valence-electron chi connectivity index (χ4n) is 3.58. The Kier molecular flexibility index (Phi) is 6.12. The summed E-state index contributed by atoms with van der Waals surface area (Å²) in [5.74, 6) is 0.120. The van der Waals surface area contributed by atoms with Gasteiger partial charge in [-0.25, -0.2) is 9.59 Å². The van der Waals surface area contributed by atoms with E-state index in [4.69, 9.17) is 4.74 Å². The van der Waals surface area contributed by atoms with Crippen molar-refractivity contribution in [1.29, 1.82) is 0 Å². The molecule has 0 aliphatic carbocycles. The molecule has 142 valence electrons. The van der Waals surface area contributed by atoms with Crippen molar-refractivity contribution in [3.8, 4) is 0 Å². The van der Waals surface area contributed by atoms with Gasteiger partial charge < -0.3 is 15.0 Å². The van der Waals surface area contributed by atoms with E-state index in [1.54, 1.807) is 31.2 Å². The number of nitrogens with one attached hydrogen (secondary N) is 1. The van der Waals surface area contributed by atoms with Gasteiger partial charge in [0.1, 0.15) is 0 Å². The fourth-order valence-corrected chi connectivity index (χ4v) is 3.58. The Morgan fingerprint density at radius 1 is 1.11 bits per heavy atom. The molecule has 1 heterocycles. The lowest BCUT2D eigenvalue weighted by Gasteiger charge is -2.32. The first-order valence-electron chi connectivity index (χ1n) is 9.47. The highest BCUT2D eigenvalue weighted by Crippen LogP contribution is 2.30. The first kappa shape index (κ1) is 19.0. The quantitative estimate of drug-likeness (QED) is 0.806. The van der Waals surface area contributed by atoms with E-state index < -0.39 is 0 Å². The molecule has 0 saturated carbocycles. The Morgan fingerprint density at radius 3 is 2.56 bits per heavy atom. The van der Waals surface area contributed by atoms with Crippen LogP contribution in [0.3, 0.4) is 0 Å². The number of amides is 2. The molecule has 2 aromatic carbocycles. The van der Waals surface area contributed by atoms with E-state index in [0.29, 0.717) is 23.8 Å². The van der Waals surface area contributed by atoms with Gasteiger partial charge >= 0.3 is 12.0 Å². The molecule has 5 nitrogen and oxygen atoms in total. The van der Waals surface area contributed by atoms with Gasteiger partial charge in [-0.05, 0) is 61.9 Å². The van der Waals surface area contributed by atoms with Crippen LogP contribution in [0, 0.1) is 6.92 Å². The molecule has 0 unspecified atom stereocenters. The number of likely N-dealkylation sites (tertiary alicyclic amines) is 1. The molecular formula is C22H26N2O3. The second-order valence-corrected chi connectivity index (χ2v) is 6.85. The molecule has 1 aliphatic rings. The van der Waals surface area contributed by atoms with Crippen LogP contribution in [0.2, 0.25) is 0 Å². The molecule has 0 aromatic heterocycles. The number of aryl methyl sites for hydroxylation is 1. The number of nitrogens with zero attached hydrogens (tertiary/aromatic N) is 1. The summed E-state index contributed by atoms with van der Waals surface area (Å²) in [7, 11) is 0. The number of benzene rings is 2. The first-order chi connectivity index (χ1) is 13.1. The van der Waals surface area contributed by atoms with Crippen LogP contribution in [-0.2, 0) is 4.74 Å². The predicted octanol–water partition coefficient (Wildman–Crippen LogP) is 4.58. The van der Waals surface area contributed by atoms with Gasteiger partial charge in [-0.2, -0.15) is 0 Å². The summed E-state index contributed by atoms with van der Waals surface area (Å²) in [5.41, 5.74) is 3.75. The average Bonchev–Trinajstić information content (AvgIpc) is 2.69. The number of piperidine rings is 1. The highest BCUT2D eigenvalue weighted by molar-refractivity contribution is 5.94. The summed E-state index contributed by atoms with van der Waals surface area (Å²) in [6.45, 7) is 5.69. The molecule has 27 heavy (non-hydrogen) atoms. The minimum atomic E-state index is -0.382. The molecular weight excluding hydrogens is 340 g/mol. The van der Waals surface area contributed by atoms with E-state index in [2.05, 4.69) is 36.5 Å². The summed E-state index contributed by atoms with van der Waals surface area (Å²) >= 11 is 0. The lowest BCUT2D eigenvalue weighted by Crippen LogP contribution is -2.40. The van der Waals surface area contributed by atoms with Crippen LogP contribution in [0.1, 0.15) is 47.2 Å². The van der Waals surface area contributed by atoms with Gasteiger partial charge in [0.05, 0.1) is 12.2 Å². The minimum Gasteiger partial charge on any atom is -0.462 e. The fraction of sp³-hybridized carbons (Fsp3) is 0.364. The van der Waals surface area contributed by atoms with Crippen molar-refractivity contribution >= 4 is 17.7 Å². The molecule has 0 spiro atoms. The Hall–Kier alpha value is -2.82. The highest BCUT2D eigenvalue weighted by atomic mass is 16.5. The monoisotopic (exact) mass is 366 g/mol. The Bertz CT molecular complexity index is 811. The zero-order chi connectivity index (χ0) is 19.2. The van der Waals surface area contributed by atoms with Crippen LogP contribution in [-0.4, -0.2) is 36.6 Å². The summed E-state index contributed by atoms with van der Waals surface area (Å²) < 4.78 is 5.01. The minimum absolute atomic E-state index is 0.126. The third kappa shape index (κ3) is 4.67.